The average Bonchev–Trinajstić information content (AvgIpc) is 3.14. The van der Waals surface area contributed by atoms with E-state index in [1.807, 2.05) is 26.8 Å². The molecule has 2 aliphatic heterocycles. The lowest BCUT2D eigenvalue weighted by Gasteiger charge is -2.41. The number of hydrogen-bond donors (Lipinski definition) is 0. The number of fused-ring (bicyclic) bond motifs is 1. The van der Waals surface area contributed by atoms with Gasteiger partial charge in [0.05, 0.1) is 30.8 Å². The highest BCUT2D eigenvalue weighted by molar-refractivity contribution is 5.82. The third-order valence-electron chi connectivity index (χ3n) is 7.41. The summed E-state index contributed by atoms with van der Waals surface area (Å²) >= 11 is 0. The predicted molar refractivity (Wildman–Crippen MR) is 156 cm³/mol. The van der Waals surface area contributed by atoms with Gasteiger partial charge in [0.25, 0.3) is 0 Å². The summed E-state index contributed by atoms with van der Waals surface area (Å²) in [7, 11) is 0. The van der Waals surface area contributed by atoms with Crippen LogP contribution in [0.4, 0.5) is 16.3 Å². The molecule has 8 nitrogen and oxygen atoms in total. The molecule has 0 aliphatic carbocycles. The number of rotatable bonds is 5. The summed E-state index contributed by atoms with van der Waals surface area (Å²) in [4.78, 5) is 28.7. The van der Waals surface area contributed by atoms with Crippen LogP contribution in [0, 0.1) is 11.3 Å². The number of anilines is 2. The average molecular weight is 529 g/mol. The van der Waals surface area contributed by atoms with Crippen LogP contribution in [0.2, 0.25) is 0 Å². The summed E-state index contributed by atoms with van der Waals surface area (Å²) in [5.41, 5.74) is 6.35. The van der Waals surface area contributed by atoms with E-state index in [1.54, 1.807) is 11.2 Å². The molecule has 2 aromatic rings. The summed E-state index contributed by atoms with van der Waals surface area (Å²) in [6.07, 6.45) is 7.43. The van der Waals surface area contributed by atoms with E-state index in [0.717, 1.165) is 42.0 Å². The van der Waals surface area contributed by atoms with Crippen molar-refractivity contribution in [1.82, 2.24) is 14.9 Å². The fourth-order valence-electron chi connectivity index (χ4n) is 5.47. The molecule has 1 aromatic carbocycles. The Labute approximate surface area is 232 Å². The second kappa shape index (κ2) is 11.9. The highest BCUT2D eigenvalue weighted by Gasteiger charge is 2.35. The molecule has 1 fully saturated rings. The molecule has 0 N–H and O–H groups in total. The van der Waals surface area contributed by atoms with Crippen molar-refractivity contribution >= 4 is 29.2 Å². The van der Waals surface area contributed by atoms with Crippen molar-refractivity contribution in [3.8, 4) is 6.07 Å². The molecule has 1 aromatic heterocycles. The number of piperazine rings is 1. The number of carbonyl (C=O) groups excluding carboxylic acids is 1. The topological polar surface area (TPSA) is 85.6 Å². The number of nitrogens with zero attached hydrogens (tertiary/aromatic N) is 6. The lowest BCUT2D eigenvalue weighted by molar-refractivity contribution is 0.0145. The molecule has 4 rings (SSSR count). The minimum absolute atomic E-state index is 0.240. The van der Waals surface area contributed by atoms with E-state index in [9.17, 15) is 10.1 Å². The van der Waals surface area contributed by atoms with Gasteiger partial charge in [-0.05, 0) is 64.7 Å². The minimum Gasteiger partial charge on any atom is -0.444 e. The largest absolute Gasteiger partial charge is 0.444 e. The van der Waals surface area contributed by atoms with E-state index in [4.69, 9.17) is 14.7 Å². The second-order valence-electron chi connectivity index (χ2n) is 11.2. The van der Waals surface area contributed by atoms with Crippen LogP contribution < -0.4 is 9.80 Å². The third kappa shape index (κ3) is 6.25. The standard InChI is InChI=1S/C31H40N6O2/c1-7-22(3)28-23(8-2)11-9-13-27(28)35-16-10-12-25-26(20-35)33-21-34-29(25)36-17-18-37(24(19-36)14-15-32)30(38)39-31(4,5)6/h7-9,11,13,21,24H,2,10,12,14,16-20H2,1,3-6H3/b22-7-/t24-/m0/s1. The van der Waals surface area contributed by atoms with Crippen LogP contribution in [0.15, 0.2) is 37.2 Å². The Kier molecular flexibility index (Phi) is 8.59. The molecule has 1 amide bonds. The first-order valence-electron chi connectivity index (χ1n) is 13.7. The lowest BCUT2D eigenvalue weighted by atomic mass is 9.97. The number of nitriles is 1. The fourth-order valence-corrected chi connectivity index (χ4v) is 5.47. The van der Waals surface area contributed by atoms with Gasteiger partial charge >= 0.3 is 6.09 Å². The van der Waals surface area contributed by atoms with E-state index in [1.165, 1.54) is 16.8 Å². The van der Waals surface area contributed by atoms with Gasteiger partial charge in [-0.15, -0.1) is 0 Å². The zero-order valence-corrected chi connectivity index (χ0v) is 23.9. The number of carbonyl (C=O) groups is 1. The molecule has 39 heavy (non-hydrogen) atoms. The van der Waals surface area contributed by atoms with Gasteiger partial charge < -0.3 is 19.4 Å². The maximum atomic E-state index is 12.9. The van der Waals surface area contributed by atoms with Crippen molar-refractivity contribution in [3.63, 3.8) is 0 Å². The van der Waals surface area contributed by atoms with E-state index in [-0.39, 0.29) is 18.6 Å². The second-order valence-corrected chi connectivity index (χ2v) is 11.2. The Morgan fingerprint density at radius 2 is 2.03 bits per heavy atom. The maximum absolute atomic E-state index is 12.9. The maximum Gasteiger partial charge on any atom is 0.410 e. The smallest absolute Gasteiger partial charge is 0.410 e. The molecule has 1 saturated heterocycles. The van der Waals surface area contributed by atoms with Crippen molar-refractivity contribution in [2.75, 3.05) is 36.0 Å². The fraction of sp³-hybridized carbons (Fsp3) is 0.484. The molecule has 0 saturated carbocycles. The summed E-state index contributed by atoms with van der Waals surface area (Å²) in [5.74, 6) is 0.915. The van der Waals surface area contributed by atoms with Gasteiger partial charge in [-0.2, -0.15) is 5.26 Å². The van der Waals surface area contributed by atoms with Gasteiger partial charge in [0.1, 0.15) is 17.7 Å². The first kappa shape index (κ1) is 28.2. The van der Waals surface area contributed by atoms with Gasteiger partial charge in [-0.1, -0.05) is 30.9 Å². The first-order chi connectivity index (χ1) is 18.7. The van der Waals surface area contributed by atoms with Gasteiger partial charge in [0, 0.05) is 43.0 Å². The molecular weight excluding hydrogens is 488 g/mol. The molecule has 0 spiro atoms. The summed E-state index contributed by atoms with van der Waals surface area (Å²) in [6, 6.07) is 8.38. The quantitative estimate of drug-likeness (QED) is 0.482. The van der Waals surface area contributed by atoms with E-state index < -0.39 is 5.60 Å². The monoisotopic (exact) mass is 528 g/mol. The summed E-state index contributed by atoms with van der Waals surface area (Å²) in [6.45, 7) is 17.1. The number of allylic oxidation sites excluding steroid dienone is 2. The molecule has 0 unspecified atom stereocenters. The van der Waals surface area contributed by atoms with E-state index >= 15 is 0 Å². The van der Waals surface area contributed by atoms with Crippen LogP contribution in [-0.4, -0.2) is 58.8 Å². The Hall–Kier alpha value is -3.86. The van der Waals surface area contributed by atoms with Crippen molar-refractivity contribution in [3.05, 3.63) is 59.6 Å². The normalized spacial score (nSPS) is 18.2. The molecule has 0 radical (unpaired) electrons. The molecular formula is C31H40N6O2. The van der Waals surface area contributed by atoms with Gasteiger partial charge in [0.15, 0.2) is 0 Å². The number of amides is 1. The van der Waals surface area contributed by atoms with Crippen LogP contribution in [0.3, 0.4) is 0 Å². The highest BCUT2D eigenvalue weighted by Crippen LogP contribution is 2.35. The molecule has 0 bridgehead atoms. The zero-order chi connectivity index (χ0) is 28.2. The van der Waals surface area contributed by atoms with Crippen LogP contribution >= 0.6 is 0 Å². The van der Waals surface area contributed by atoms with Crippen molar-refractivity contribution in [2.45, 2.75) is 72.1 Å². The van der Waals surface area contributed by atoms with Crippen molar-refractivity contribution in [2.24, 2.45) is 0 Å². The molecule has 3 heterocycles. The first-order valence-corrected chi connectivity index (χ1v) is 13.7. The number of ether oxygens (including phenoxy) is 1. The molecule has 2 aliphatic rings. The van der Waals surface area contributed by atoms with E-state index in [2.05, 4.69) is 60.6 Å². The SMILES string of the molecule is C=Cc1cccc(N2CCCc3c(ncnc3N3CCN(C(=O)OC(C)(C)C)[C@@H](CC#N)C3)C2)c1/C(C)=C\C. The van der Waals surface area contributed by atoms with Gasteiger partial charge in [-0.3, -0.25) is 0 Å². The van der Waals surface area contributed by atoms with Crippen LogP contribution in [0.5, 0.6) is 0 Å². The van der Waals surface area contributed by atoms with E-state index in [0.29, 0.717) is 26.2 Å². The summed E-state index contributed by atoms with van der Waals surface area (Å²) in [5, 5.41) is 9.50. The van der Waals surface area contributed by atoms with Gasteiger partial charge in [0.2, 0.25) is 0 Å². The molecule has 206 valence electrons. The third-order valence-corrected chi connectivity index (χ3v) is 7.41. The van der Waals surface area contributed by atoms with Crippen LogP contribution in [0.1, 0.15) is 69.8 Å². The Bertz CT molecular complexity index is 1290. The Morgan fingerprint density at radius 3 is 2.72 bits per heavy atom. The molecule has 1 atom stereocenters. The molecule has 8 heteroatoms. The number of hydrogen-bond acceptors (Lipinski definition) is 7. The van der Waals surface area contributed by atoms with Crippen molar-refractivity contribution < 1.29 is 9.53 Å². The van der Waals surface area contributed by atoms with Crippen molar-refractivity contribution in [1.29, 1.82) is 5.26 Å². The van der Waals surface area contributed by atoms with Crippen LogP contribution in [0.25, 0.3) is 11.6 Å². The van der Waals surface area contributed by atoms with Gasteiger partial charge in [-0.25, -0.2) is 14.8 Å². The number of benzene rings is 1. The minimum atomic E-state index is -0.586. The zero-order valence-electron chi connectivity index (χ0n) is 23.9. The lowest BCUT2D eigenvalue weighted by Crippen LogP contribution is -2.56. The number of aromatic nitrogens is 2. The Morgan fingerprint density at radius 1 is 1.23 bits per heavy atom. The highest BCUT2D eigenvalue weighted by atomic mass is 16.6. The predicted octanol–water partition coefficient (Wildman–Crippen LogP) is 5.83. The summed E-state index contributed by atoms with van der Waals surface area (Å²) < 4.78 is 5.62. The van der Waals surface area contributed by atoms with Crippen LogP contribution in [-0.2, 0) is 17.7 Å². The Balaban J connectivity index is 1.61.